The molecule has 0 saturated carbocycles. The number of carbonyl (C=O) groups is 2. The Balaban J connectivity index is 1.80. The van der Waals surface area contributed by atoms with Gasteiger partial charge < -0.3 is 19.5 Å². The summed E-state index contributed by atoms with van der Waals surface area (Å²) in [6.45, 7) is 4.01. The van der Waals surface area contributed by atoms with Crippen LogP contribution >= 0.6 is 0 Å². The predicted octanol–water partition coefficient (Wildman–Crippen LogP) is 0.894. The predicted molar refractivity (Wildman–Crippen MR) is 71.3 cm³/mol. The number of carboxylic acid groups (broad SMARTS) is 1. The second kappa shape index (κ2) is 7.04. The molecule has 0 bridgehead atoms. The van der Waals surface area contributed by atoms with Crippen molar-refractivity contribution in [3.8, 4) is 0 Å². The number of hydrogen-bond donors (Lipinski definition) is 1. The van der Waals surface area contributed by atoms with Gasteiger partial charge in [0.1, 0.15) is 0 Å². The van der Waals surface area contributed by atoms with Gasteiger partial charge in [0, 0.05) is 26.2 Å². The van der Waals surface area contributed by atoms with Gasteiger partial charge in [-0.2, -0.15) is 0 Å². The quantitative estimate of drug-likeness (QED) is 0.830. The molecule has 6 heteroatoms. The molecule has 0 spiro atoms. The third kappa shape index (κ3) is 4.18. The summed E-state index contributed by atoms with van der Waals surface area (Å²) in [6.07, 6.45) is 2.27. The van der Waals surface area contributed by atoms with Crippen LogP contribution in [0.1, 0.15) is 32.6 Å². The highest BCUT2D eigenvalue weighted by Gasteiger charge is 2.32. The lowest BCUT2D eigenvalue weighted by Gasteiger charge is -2.35. The van der Waals surface area contributed by atoms with Gasteiger partial charge >= 0.3 is 5.97 Å². The molecule has 0 radical (unpaired) electrons. The molecule has 1 unspecified atom stereocenters. The maximum absolute atomic E-state index is 12.2. The van der Waals surface area contributed by atoms with E-state index in [1.807, 2.05) is 0 Å². The van der Waals surface area contributed by atoms with Crippen molar-refractivity contribution >= 4 is 11.9 Å². The summed E-state index contributed by atoms with van der Waals surface area (Å²) in [7, 11) is 0. The summed E-state index contributed by atoms with van der Waals surface area (Å²) >= 11 is 0. The van der Waals surface area contributed by atoms with E-state index in [9.17, 15) is 9.59 Å². The molecule has 6 nitrogen and oxygen atoms in total. The lowest BCUT2D eigenvalue weighted by Crippen LogP contribution is -2.51. The number of rotatable bonds is 4. The average molecular weight is 285 g/mol. The van der Waals surface area contributed by atoms with Crippen LogP contribution in [0.25, 0.3) is 0 Å². The van der Waals surface area contributed by atoms with Crippen molar-refractivity contribution in [1.29, 1.82) is 0 Å². The third-order valence-electron chi connectivity index (χ3n) is 4.00. The topological polar surface area (TPSA) is 76.1 Å². The van der Waals surface area contributed by atoms with E-state index in [1.54, 1.807) is 11.8 Å². The van der Waals surface area contributed by atoms with Gasteiger partial charge in [0.2, 0.25) is 5.91 Å². The highest BCUT2D eigenvalue weighted by Crippen LogP contribution is 2.21. The molecular weight excluding hydrogens is 262 g/mol. The van der Waals surface area contributed by atoms with Crippen molar-refractivity contribution in [3.05, 3.63) is 0 Å². The van der Waals surface area contributed by atoms with Gasteiger partial charge in [-0.1, -0.05) is 0 Å². The summed E-state index contributed by atoms with van der Waals surface area (Å²) in [4.78, 5) is 24.8. The molecule has 0 aromatic heterocycles. The van der Waals surface area contributed by atoms with Crippen molar-refractivity contribution < 1.29 is 24.2 Å². The maximum Gasteiger partial charge on any atom is 0.334 e. The summed E-state index contributed by atoms with van der Waals surface area (Å²) < 4.78 is 10.6. The normalized spacial score (nSPS) is 28.4. The second-order valence-electron chi connectivity index (χ2n) is 5.67. The zero-order valence-corrected chi connectivity index (χ0v) is 11.9. The number of carbonyl (C=O) groups excluding carboxylic acids is 1. The monoisotopic (exact) mass is 285 g/mol. The maximum atomic E-state index is 12.2. The van der Waals surface area contributed by atoms with E-state index in [0.717, 1.165) is 32.5 Å². The van der Waals surface area contributed by atoms with Crippen molar-refractivity contribution in [3.63, 3.8) is 0 Å². The van der Waals surface area contributed by atoms with Crippen LogP contribution in [0.2, 0.25) is 0 Å². The fraction of sp³-hybridized carbons (Fsp3) is 0.857. The summed E-state index contributed by atoms with van der Waals surface area (Å²) in [6, 6.07) is 0. The Labute approximate surface area is 119 Å². The van der Waals surface area contributed by atoms with Gasteiger partial charge in [0.15, 0.2) is 6.10 Å². The number of amides is 1. The molecule has 2 atom stereocenters. The first-order valence-corrected chi connectivity index (χ1v) is 7.30. The van der Waals surface area contributed by atoms with Gasteiger partial charge in [-0.15, -0.1) is 0 Å². The smallest absolute Gasteiger partial charge is 0.334 e. The largest absolute Gasteiger partial charge is 0.479 e. The van der Waals surface area contributed by atoms with E-state index in [2.05, 4.69) is 0 Å². The molecule has 2 aliphatic rings. The lowest BCUT2D eigenvalue weighted by atomic mass is 9.94. The number of morpholine rings is 1. The highest BCUT2D eigenvalue weighted by atomic mass is 16.5. The highest BCUT2D eigenvalue weighted by molar-refractivity contribution is 5.78. The number of hydrogen-bond acceptors (Lipinski definition) is 4. The van der Waals surface area contributed by atoms with E-state index in [-0.39, 0.29) is 18.6 Å². The van der Waals surface area contributed by atoms with Crippen molar-refractivity contribution in [2.24, 2.45) is 5.92 Å². The van der Waals surface area contributed by atoms with E-state index >= 15 is 0 Å². The van der Waals surface area contributed by atoms with Gasteiger partial charge in [0.05, 0.1) is 12.6 Å². The van der Waals surface area contributed by atoms with Crippen LogP contribution in [-0.4, -0.2) is 60.4 Å². The minimum absolute atomic E-state index is 0.0397. The Bertz CT molecular complexity index is 353. The van der Waals surface area contributed by atoms with E-state index in [0.29, 0.717) is 18.9 Å². The molecule has 2 fully saturated rings. The fourth-order valence-corrected chi connectivity index (χ4v) is 2.81. The van der Waals surface area contributed by atoms with Gasteiger partial charge in [0.25, 0.3) is 0 Å². The van der Waals surface area contributed by atoms with Crippen LogP contribution in [0, 0.1) is 5.92 Å². The number of aliphatic carboxylic acids is 1. The van der Waals surface area contributed by atoms with Gasteiger partial charge in [-0.25, -0.2) is 4.79 Å². The summed E-state index contributed by atoms with van der Waals surface area (Å²) in [5, 5.41) is 9.01. The zero-order chi connectivity index (χ0) is 14.5. The average Bonchev–Trinajstić information content (AvgIpc) is 2.45. The first-order valence-electron chi connectivity index (χ1n) is 7.30. The minimum atomic E-state index is -1.00. The molecule has 114 valence electrons. The van der Waals surface area contributed by atoms with E-state index < -0.39 is 12.1 Å². The molecule has 0 aromatic rings. The zero-order valence-electron chi connectivity index (χ0n) is 11.9. The van der Waals surface area contributed by atoms with E-state index in [4.69, 9.17) is 14.6 Å². The Morgan fingerprint density at radius 3 is 2.60 bits per heavy atom. The Hall–Kier alpha value is -1.14. The lowest BCUT2D eigenvalue weighted by molar-refractivity contribution is -0.166. The van der Waals surface area contributed by atoms with Gasteiger partial charge in [-0.3, -0.25) is 4.79 Å². The fourth-order valence-electron chi connectivity index (χ4n) is 2.81. The van der Waals surface area contributed by atoms with Crippen LogP contribution in [0.3, 0.4) is 0 Å². The first-order chi connectivity index (χ1) is 9.56. The summed E-state index contributed by atoms with van der Waals surface area (Å²) in [5.74, 6) is -0.405. The van der Waals surface area contributed by atoms with Crippen molar-refractivity contribution in [2.45, 2.75) is 44.8 Å². The molecular formula is C14H23NO5. The molecule has 1 amide bonds. The SMILES string of the molecule is C[C@@H]1CN(C(=O)CCC2CCOCC2)CC(C(=O)O)O1. The molecule has 2 saturated heterocycles. The third-order valence-corrected chi connectivity index (χ3v) is 4.00. The minimum Gasteiger partial charge on any atom is -0.479 e. The Kier molecular flexibility index (Phi) is 5.37. The molecule has 1 N–H and O–H groups in total. The van der Waals surface area contributed by atoms with Crippen molar-refractivity contribution in [1.82, 2.24) is 4.90 Å². The van der Waals surface area contributed by atoms with Gasteiger partial charge in [-0.05, 0) is 32.1 Å². The second-order valence-corrected chi connectivity index (χ2v) is 5.67. The Morgan fingerprint density at radius 2 is 1.95 bits per heavy atom. The summed E-state index contributed by atoms with van der Waals surface area (Å²) in [5.41, 5.74) is 0. The molecule has 2 rings (SSSR count). The Morgan fingerprint density at radius 1 is 1.25 bits per heavy atom. The van der Waals surface area contributed by atoms with Crippen LogP contribution < -0.4 is 0 Å². The van der Waals surface area contributed by atoms with Crippen LogP contribution in [0.15, 0.2) is 0 Å². The van der Waals surface area contributed by atoms with Crippen LogP contribution in [0.4, 0.5) is 0 Å². The molecule has 20 heavy (non-hydrogen) atoms. The first kappa shape index (κ1) is 15.3. The van der Waals surface area contributed by atoms with E-state index in [1.165, 1.54) is 0 Å². The molecule has 2 heterocycles. The standard InChI is InChI=1S/C14H23NO5/c1-10-8-15(9-12(20-10)14(17)18)13(16)3-2-11-4-6-19-7-5-11/h10-12H,2-9H2,1H3,(H,17,18)/t10-,12?/m1/s1. The molecule has 2 aliphatic heterocycles. The van der Waals surface area contributed by atoms with Crippen LogP contribution in [-0.2, 0) is 19.1 Å². The molecule has 0 aromatic carbocycles. The number of nitrogens with zero attached hydrogens (tertiary/aromatic N) is 1. The van der Waals surface area contributed by atoms with Crippen LogP contribution in [0.5, 0.6) is 0 Å². The number of carboxylic acids is 1. The number of ether oxygens (including phenoxy) is 2. The van der Waals surface area contributed by atoms with Crippen molar-refractivity contribution in [2.75, 3.05) is 26.3 Å². The molecule has 0 aliphatic carbocycles.